The van der Waals surface area contributed by atoms with Gasteiger partial charge in [-0.05, 0) is 30.0 Å². The van der Waals surface area contributed by atoms with Gasteiger partial charge in [-0.25, -0.2) is 0 Å². The van der Waals surface area contributed by atoms with Crippen molar-refractivity contribution in [2.24, 2.45) is 0 Å². The van der Waals surface area contributed by atoms with E-state index in [0.717, 1.165) is 18.4 Å². The van der Waals surface area contributed by atoms with Crippen molar-refractivity contribution in [1.82, 2.24) is 0 Å². The highest BCUT2D eigenvalue weighted by Gasteiger charge is 2.16. The molecule has 0 saturated carbocycles. The smallest absolute Gasteiger partial charge is 0.303 e. The van der Waals surface area contributed by atoms with E-state index in [0.29, 0.717) is 10.8 Å². The first-order chi connectivity index (χ1) is 8.08. The second kappa shape index (κ2) is 6.50. The number of methoxy groups -OCH3 is 1. The zero-order valence-electron chi connectivity index (χ0n) is 10.1. The molecule has 0 aliphatic heterocycles. The van der Waals surface area contributed by atoms with Crippen molar-refractivity contribution in [1.29, 1.82) is 0 Å². The van der Waals surface area contributed by atoms with Crippen LogP contribution in [0.2, 0.25) is 5.02 Å². The van der Waals surface area contributed by atoms with Gasteiger partial charge in [0.1, 0.15) is 5.75 Å². The third kappa shape index (κ3) is 3.93. The largest absolute Gasteiger partial charge is 0.495 e. The van der Waals surface area contributed by atoms with Crippen LogP contribution < -0.4 is 4.74 Å². The number of carboxylic acids is 1. The quantitative estimate of drug-likeness (QED) is 0.844. The Labute approximate surface area is 106 Å². The first kappa shape index (κ1) is 13.8. The minimum Gasteiger partial charge on any atom is -0.495 e. The van der Waals surface area contributed by atoms with Crippen LogP contribution in [-0.4, -0.2) is 18.2 Å². The number of aliphatic carboxylic acids is 1. The average Bonchev–Trinajstić information content (AvgIpc) is 2.28. The third-order valence-corrected chi connectivity index (χ3v) is 3.00. The molecule has 1 N–H and O–H groups in total. The van der Waals surface area contributed by atoms with Crippen LogP contribution in [0.5, 0.6) is 5.75 Å². The Morgan fingerprint density at radius 1 is 1.53 bits per heavy atom. The lowest BCUT2D eigenvalue weighted by Gasteiger charge is -2.15. The molecule has 1 aromatic carbocycles. The molecule has 94 valence electrons. The van der Waals surface area contributed by atoms with Gasteiger partial charge in [0, 0.05) is 0 Å². The van der Waals surface area contributed by atoms with E-state index in [1.165, 1.54) is 0 Å². The predicted molar refractivity (Wildman–Crippen MR) is 67.9 cm³/mol. The molecule has 0 saturated heterocycles. The van der Waals surface area contributed by atoms with Gasteiger partial charge in [0.2, 0.25) is 0 Å². The lowest BCUT2D eigenvalue weighted by molar-refractivity contribution is -0.137. The predicted octanol–water partition coefficient (Wildman–Crippen LogP) is 3.71. The fourth-order valence-corrected chi connectivity index (χ4v) is 2.15. The number of rotatable bonds is 6. The van der Waals surface area contributed by atoms with Gasteiger partial charge < -0.3 is 9.84 Å². The molecule has 1 rings (SSSR count). The first-order valence-electron chi connectivity index (χ1n) is 5.63. The van der Waals surface area contributed by atoms with Gasteiger partial charge in [-0.1, -0.05) is 31.0 Å². The van der Waals surface area contributed by atoms with E-state index >= 15 is 0 Å². The van der Waals surface area contributed by atoms with E-state index in [1.807, 2.05) is 13.0 Å². The summed E-state index contributed by atoms with van der Waals surface area (Å²) in [7, 11) is 1.56. The van der Waals surface area contributed by atoms with Crippen LogP contribution in [0.25, 0.3) is 0 Å². The molecule has 17 heavy (non-hydrogen) atoms. The Morgan fingerprint density at radius 3 is 2.71 bits per heavy atom. The maximum absolute atomic E-state index is 10.8. The zero-order valence-corrected chi connectivity index (χ0v) is 10.8. The van der Waals surface area contributed by atoms with Crippen molar-refractivity contribution in [2.45, 2.75) is 32.1 Å². The van der Waals surface area contributed by atoms with Gasteiger partial charge in [0.05, 0.1) is 18.6 Å². The normalized spacial score (nSPS) is 12.2. The van der Waals surface area contributed by atoms with Crippen LogP contribution in [0, 0.1) is 0 Å². The molecular weight excluding hydrogens is 240 g/mol. The number of hydrogen-bond donors (Lipinski definition) is 1. The molecule has 1 unspecified atom stereocenters. The van der Waals surface area contributed by atoms with Crippen LogP contribution >= 0.6 is 11.6 Å². The molecule has 0 radical (unpaired) electrons. The standard InChI is InChI=1S/C13H17ClO3/c1-3-4-9(8-13(15)16)10-5-6-12(17-2)11(14)7-10/h5-7,9H,3-4,8H2,1-2H3,(H,15,16). The number of hydrogen-bond acceptors (Lipinski definition) is 2. The van der Waals surface area contributed by atoms with E-state index in [1.54, 1.807) is 19.2 Å². The topological polar surface area (TPSA) is 46.5 Å². The summed E-state index contributed by atoms with van der Waals surface area (Å²) in [6.07, 6.45) is 1.92. The van der Waals surface area contributed by atoms with E-state index in [-0.39, 0.29) is 12.3 Å². The lowest BCUT2D eigenvalue weighted by Crippen LogP contribution is -2.06. The maximum atomic E-state index is 10.8. The highest BCUT2D eigenvalue weighted by Crippen LogP contribution is 2.31. The molecule has 0 aromatic heterocycles. The minimum atomic E-state index is -0.782. The number of ether oxygens (including phenoxy) is 1. The Kier molecular flexibility index (Phi) is 5.29. The summed E-state index contributed by atoms with van der Waals surface area (Å²) in [5, 5.41) is 9.41. The van der Waals surface area contributed by atoms with Crippen molar-refractivity contribution in [3.63, 3.8) is 0 Å². The van der Waals surface area contributed by atoms with Crippen LogP contribution in [0.15, 0.2) is 18.2 Å². The zero-order chi connectivity index (χ0) is 12.8. The highest BCUT2D eigenvalue weighted by atomic mass is 35.5. The summed E-state index contributed by atoms with van der Waals surface area (Å²) in [5.74, 6) is -0.155. The van der Waals surface area contributed by atoms with Gasteiger partial charge in [-0.15, -0.1) is 0 Å². The molecule has 3 nitrogen and oxygen atoms in total. The Balaban J connectivity index is 2.93. The van der Waals surface area contributed by atoms with Gasteiger partial charge in [0.15, 0.2) is 0 Å². The van der Waals surface area contributed by atoms with Gasteiger partial charge in [0.25, 0.3) is 0 Å². The van der Waals surface area contributed by atoms with Crippen LogP contribution in [-0.2, 0) is 4.79 Å². The van der Waals surface area contributed by atoms with Crippen molar-refractivity contribution >= 4 is 17.6 Å². The van der Waals surface area contributed by atoms with Crippen molar-refractivity contribution in [3.05, 3.63) is 28.8 Å². The first-order valence-corrected chi connectivity index (χ1v) is 6.01. The Bertz CT molecular complexity index is 390. The molecule has 0 aliphatic carbocycles. The summed E-state index contributed by atoms with van der Waals surface area (Å²) in [6.45, 7) is 2.04. The summed E-state index contributed by atoms with van der Waals surface area (Å²) in [5.41, 5.74) is 0.958. The van der Waals surface area contributed by atoms with E-state index in [4.69, 9.17) is 21.4 Å². The summed E-state index contributed by atoms with van der Waals surface area (Å²) in [4.78, 5) is 10.8. The van der Waals surface area contributed by atoms with Gasteiger partial charge in [-0.2, -0.15) is 0 Å². The van der Waals surface area contributed by atoms with Crippen LogP contribution in [0.1, 0.15) is 37.7 Å². The molecule has 4 heteroatoms. The number of halogens is 1. The second-order valence-corrected chi connectivity index (χ2v) is 4.38. The van der Waals surface area contributed by atoms with E-state index in [9.17, 15) is 4.79 Å². The number of carboxylic acid groups (broad SMARTS) is 1. The summed E-state index contributed by atoms with van der Waals surface area (Å²) in [6, 6.07) is 5.46. The third-order valence-electron chi connectivity index (χ3n) is 2.71. The minimum absolute atomic E-state index is 0.0147. The molecular formula is C13H17ClO3. The van der Waals surface area contributed by atoms with Gasteiger partial charge >= 0.3 is 5.97 Å². The van der Waals surface area contributed by atoms with E-state index < -0.39 is 5.97 Å². The molecule has 1 aromatic rings. The molecule has 0 bridgehead atoms. The fraction of sp³-hybridized carbons (Fsp3) is 0.462. The van der Waals surface area contributed by atoms with Crippen molar-refractivity contribution < 1.29 is 14.6 Å². The monoisotopic (exact) mass is 256 g/mol. The molecule has 0 aliphatic rings. The summed E-state index contributed by atoms with van der Waals surface area (Å²) >= 11 is 6.04. The number of carbonyl (C=O) groups is 1. The van der Waals surface area contributed by atoms with E-state index in [2.05, 4.69) is 0 Å². The highest BCUT2D eigenvalue weighted by molar-refractivity contribution is 6.32. The maximum Gasteiger partial charge on any atom is 0.303 e. The Morgan fingerprint density at radius 2 is 2.24 bits per heavy atom. The average molecular weight is 257 g/mol. The molecule has 0 fully saturated rings. The van der Waals surface area contributed by atoms with Gasteiger partial charge in [-0.3, -0.25) is 4.79 Å². The van der Waals surface area contributed by atoms with Crippen LogP contribution in [0.4, 0.5) is 0 Å². The second-order valence-electron chi connectivity index (χ2n) is 3.98. The van der Waals surface area contributed by atoms with Crippen molar-refractivity contribution in [3.8, 4) is 5.75 Å². The van der Waals surface area contributed by atoms with Crippen LogP contribution in [0.3, 0.4) is 0 Å². The molecule has 0 heterocycles. The molecule has 1 atom stereocenters. The molecule has 0 amide bonds. The Hall–Kier alpha value is -1.22. The lowest BCUT2D eigenvalue weighted by atomic mass is 9.91. The molecule has 0 spiro atoms. The summed E-state index contributed by atoms with van der Waals surface area (Å²) < 4.78 is 5.07. The fourth-order valence-electron chi connectivity index (χ4n) is 1.88. The SMILES string of the molecule is CCCC(CC(=O)O)c1ccc(OC)c(Cl)c1. The van der Waals surface area contributed by atoms with Crippen molar-refractivity contribution in [2.75, 3.05) is 7.11 Å². The number of benzene rings is 1.